The predicted molar refractivity (Wildman–Crippen MR) is 89.9 cm³/mol. The van der Waals surface area contributed by atoms with Crippen LogP contribution in [0.2, 0.25) is 0 Å². The van der Waals surface area contributed by atoms with Crippen LogP contribution in [-0.2, 0) is 5.41 Å². The number of alkyl halides is 1. The molecular formula is C18H27BrO. The molecule has 20 heavy (non-hydrogen) atoms. The fourth-order valence-corrected chi connectivity index (χ4v) is 3.93. The zero-order valence-electron chi connectivity index (χ0n) is 13.2. The van der Waals surface area contributed by atoms with E-state index in [-0.39, 0.29) is 5.41 Å². The highest BCUT2D eigenvalue weighted by atomic mass is 79.9. The van der Waals surface area contributed by atoms with Gasteiger partial charge >= 0.3 is 0 Å². The van der Waals surface area contributed by atoms with Gasteiger partial charge in [-0.1, -0.05) is 75.0 Å². The molecule has 2 rings (SSSR count). The van der Waals surface area contributed by atoms with Crippen molar-refractivity contribution in [2.45, 2.75) is 63.6 Å². The van der Waals surface area contributed by atoms with Crippen LogP contribution in [0, 0.1) is 5.92 Å². The maximum absolute atomic E-state index is 5.78. The van der Waals surface area contributed by atoms with Crippen LogP contribution in [0.5, 0.6) is 5.75 Å². The van der Waals surface area contributed by atoms with Gasteiger partial charge in [-0.25, -0.2) is 0 Å². The second-order valence-electron chi connectivity index (χ2n) is 6.64. The van der Waals surface area contributed by atoms with Gasteiger partial charge in [-0.3, -0.25) is 0 Å². The van der Waals surface area contributed by atoms with Crippen molar-refractivity contribution >= 4 is 15.9 Å². The van der Waals surface area contributed by atoms with E-state index in [9.17, 15) is 0 Å². The van der Waals surface area contributed by atoms with Gasteiger partial charge in [0.1, 0.15) is 5.75 Å². The van der Waals surface area contributed by atoms with Crippen molar-refractivity contribution in [3.05, 3.63) is 29.3 Å². The third-order valence-electron chi connectivity index (χ3n) is 4.51. The van der Waals surface area contributed by atoms with Crippen LogP contribution >= 0.6 is 15.9 Å². The van der Waals surface area contributed by atoms with Crippen molar-refractivity contribution in [1.82, 2.24) is 0 Å². The molecule has 0 bridgehead atoms. The van der Waals surface area contributed by atoms with E-state index >= 15 is 0 Å². The third-order valence-corrected chi connectivity index (χ3v) is 5.78. The molecule has 0 saturated carbocycles. The lowest BCUT2D eigenvalue weighted by atomic mass is 9.84. The Balaban J connectivity index is 2.20. The summed E-state index contributed by atoms with van der Waals surface area (Å²) in [6, 6.07) is 6.74. The van der Waals surface area contributed by atoms with Crippen LogP contribution in [0.25, 0.3) is 0 Å². The number of hydrogen-bond donors (Lipinski definition) is 0. The molecule has 0 aliphatic carbocycles. The van der Waals surface area contributed by atoms with Gasteiger partial charge in [-0.2, -0.15) is 0 Å². The summed E-state index contributed by atoms with van der Waals surface area (Å²) in [7, 11) is 0. The highest BCUT2D eigenvalue weighted by Gasteiger charge is 2.32. The Morgan fingerprint density at radius 2 is 2.05 bits per heavy atom. The van der Waals surface area contributed by atoms with E-state index in [4.69, 9.17) is 4.74 Å². The van der Waals surface area contributed by atoms with Crippen molar-refractivity contribution in [2.24, 2.45) is 5.92 Å². The summed E-state index contributed by atoms with van der Waals surface area (Å²) in [5.74, 6) is 1.79. The van der Waals surface area contributed by atoms with Gasteiger partial charge in [0.05, 0.1) is 6.61 Å². The van der Waals surface area contributed by atoms with Gasteiger partial charge in [-0.15, -0.1) is 0 Å². The molecule has 2 unspecified atom stereocenters. The zero-order chi connectivity index (χ0) is 14.8. The Kier molecular flexibility index (Phi) is 5.17. The van der Waals surface area contributed by atoms with Gasteiger partial charge in [0, 0.05) is 15.8 Å². The molecule has 1 heterocycles. The van der Waals surface area contributed by atoms with Crippen LogP contribution in [0.4, 0.5) is 0 Å². The van der Waals surface area contributed by atoms with E-state index in [0.29, 0.717) is 4.83 Å². The Labute approximate surface area is 132 Å². The van der Waals surface area contributed by atoms with Crippen molar-refractivity contribution in [2.75, 3.05) is 6.61 Å². The molecule has 0 fully saturated rings. The molecule has 1 aromatic rings. The molecule has 112 valence electrons. The van der Waals surface area contributed by atoms with Crippen LogP contribution in [0.3, 0.4) is 0 Å². The quantitative estimate of drug-likeness (QED) is 0.577. The molecule has 1 nitrogen and oxygen atoms in total. The van der Waals surface area contributed by atoms with Gasteiger partial charge in [0.25, 0.3) is 0 Å². The molecule has 0 radical (unpaired) electrons. The molecule has 1 aliphatic rings. The fraction of sp³-hybridized carbons (Fsp3) is 0.667. The van der Waals surface area contributed by atoms with E-state index in [1.807, 2.05) is 0 Å². The number of ether oxygens (including phenoxy) is 1. The van der Waals surface area contributed by atoms with Crippen LogP contribution < -0.4 is 4.74 Å². The maximum atomic E-state index is 5.78. The average molecular weight is 339 g/mol. The Morgan fingerprint density at radius 3 is 2.70 bits per heavy atom. The van der Waals surface area contributed by atoms with Gasteiger partial charge in [-0.05, 0) is 24.0 Å². The SMILES string of the molecule is CCCCC(CC)C(Br)c1ccc2c(c1)C(C)(C)CO2. The Bertz CT molecular complexity index is 453. The normalized spacial score (nSPS) is 19.2. The molecule has 1 aromatic carbocycles. The largest absolute Gasteiger partial charge is 0.492 e. The summed E-state index contributed by atoms with van der Waals surface area (Å²) in [4.78, 5) is 0.459. The molecule has 0 amide bonds. The molecule has 1 aliphatic heterocycles. The van der Waals surface area contributed by atoms with E-state index in [0.717, 1.165) is 18.3 Å². The molecule has 2 heteroatoms. The molecular weight excluding hydrogens is 312 g/mol. The van der Waals surface area contributed by atoms with Crippen molar-refractivity contribution in [3.8, 4) is 5.75 Å². The maximum Gasteiger partial charge on any atom is 0.123 e. The van der Waals surface area contributed by atoms with Gasteiger partial charge in [0.2, 0.25) is 0 Å². The second-order valence-corrected chi connectivity index (χ2v) is 7.63. The van der Waals surface area contributed by atoms with Crippen LogP contribution in [-0.4, -0.2) is 6.61 Å². The molecule has 0 saturated heterocycles. The minimum atomic E-state index is 0.142. The first-order valence-corrected chi connectivity index (χ1v) is 8.82. The topological polar surface area (TPSA) is 9.23 Å². The van der Waals surface area contributed by atoms with E-state index in [2.05, 4.69) is 61.8 Å². The summed E-state index contributed by atoms with van der Waals surface area (Å²) in [6.07, 6.45) is 5.13. The van der Waals surface area contributed by atoms with Gasteiger partial charge in [0.15, 0.2) is 0 Å². The fourth-order valence-electron chi connectivity index (χ4n) is 3.01. The highest BCUT2D eigenvalue weighted by Crippen LogP contribution is 2.43. The highest BCUT2D eigenvalue weighted by molar-refractivity contribution is 9.09. The number of rotatable bonds is 6. The summed E-state index contributed by atoms with van der Waals surface area (Å²) in [5, 5.41) is 0. The molecule has 0 N–H and O–H groups in total. The smallest absolute Gasteiger partial charge is 0.123 e. The number of benzene rings is 1. The third kappa shape index (κ3) is 3.21. The predicted octanol–water partition coefficient (Wildman–Crippen LogP) is 6.01. The average Bonchev–Trinajstić information content (AvgIpc) is 2.75. The number of halogens is 1. The number of hydrogen-bond acceptors (Lipinski definition) is 1. The monoisotopic (exact) mass is 338 g/mol. The number of unbranched alkanes of at least 4 members (excludes halogenated alkanes) is 1. The summed E-state index contributed by atoms with van der Waals surface area (Å²) >= 11 is 3.95. The lowest BCUT2D eigenvalue weighted by molar-refractivity contribution is 0.291. The first kappa shape index (κ1) is 15.9. The van der Waals surface area contributed by atoms with Crippen molar-refractivity contribution < 1.29 is 4.74 Å². The van der Waals surface area contributed by atoms with Crippen LogP contribution in [0.1, 0.15) is 69.3 Å². The molecule has 0 spiro atoms. The van der Waals surface area contributed by atoms with E-state index < -0.39 is 0 Å². The van der Waals surface area contributed by atoms with E-state index in [1.165, 1.54) is 36.8 Å². The summed E-state index contributed by atoms with van der Waals surface area (Å²) < 4.78 is 5.78. The Morgan fingerprint density at radius 1 is 1.30 bits per heavy atom. The first-order chi connectivity index (χ1) is 9.49. The standard InChI is InChI=1S/C18H27BrO/c1-5-7-8-13(6-2)17(19)14-9-10-16-15(11-14)18(3,4)12-20-16/h9-11,13,17H,5-8,12H2,1-4H3. The summed E-state index contributed by atoms with van der Waals surface area (Å²) in [6.45, 7) is 9.90. The summed E-state index contributed by atoms with van der Waals surface area (Å²) in [5.41, 5.74) is 2.92. The minimum absolute atomic E-state index is 0.142. The molecule has 2 atom stereocenters. The van der Waals surface area contributed by atoms with Crippen LogP contribution in [0.15, 0.2) is 18.2 Å². The lowest BCUT2D eigenvalue weighted by Crippen LogP contribution is -2.18. The van der Waals surface area contributed by atoms with Gasteiger partial charge < -0.3 is 4.74 Å². The Hall–Kier alpha value is -0.500. The lowest BCUT2D eigenvalue weighted by Gasteiger charge is -2.23. The van der Waals surface area contributed by atoms with Crippen molar-refractivity contribution in [3.63, 3.8) is 0 Å². The van der Waals surface area contributed by atoms with Crippen molar-refractivity contribution in [1.29, 1.82) is 0 Å². The molecule has 0 aromatic heterocycles. The minimum Gasteiger partial charge on any atom is -0.492 e. The number of fused-ring (bicyclic) bond motifs is 1. The van der Waals surface area contributed by atoms with E-state index in [1.54, 1.807) is 0 Å². The first-order valence-electron chi connectivity index (χ1n) is 7.91. The zero-order valence-corrected chi connectivity index (χ0v) is 14.8. The second kappa shape index (κ2) is 6.51.